The number of hydrogen-bond donors (Lipinski definition) is 1. The normalized spacial score (nSPS) is 18.3. The van der Waals surface area contributed by atoms with Crippen molar-refractivity contribution in [3.8, 4) is 0 Å². The van der Waals surface area contributed by atoms with Gasteiger partial charge in [-0.1, -0.05) is 0 Å². The van der Waals surface area contributed by atoms with Gasteiger partial charge in [-0.3, -0.25) is 9.59 Å². The van der Waals surface area contributed by atoms with Crippen LogP contribution in [-0.4, -0.2) is 42.0 Å². The van der Waals surface area contributed by atoms with Crippen molar-refractivity contribution in [1.82, 2.24) is 4.90 Å². The minimum atomic E-state index is -0.873. The van der Waals surface area contributed by atoms with E-state index < -0.39 is 17.5 Å². The molecule has 1 rings (SSSR count). The number of nitrogens with two attached hydrogens (primary N) is 1. The number of hydrogen-bond acceptors (Lipinski definition) is 4. The number of ether oxygens (including phenoxy) is 1. The lowest BCUT2D eigenvalue weighted by Gasteiger charge is -2.30. The number of carbonyl (C=O) groups is 2. The molecule has 1 saturated heterocycles. The second-order valence-corrected chi connectivity index (χ2v) is 5.51. The van der Waals surface area contributed by atoms with E-state index in [0.29, 0.717) is 13.1 Å². The third-order valence-electron chi connectivity index (χ3n) is 2.74. The number of piperidine rings is 1. The van der Waals surface area contributed by atoms with E-state index in [1.807, 2.05) is 0 Å². The summed E-state index contributed by atoms with van der Waals surface area (Å²) in [6.45, 7) is 6.65. The van der Waals surface area contributed by atoms with E-state index in [1.165, 1.54) is 0 Å². The van der Waals surface area contributed by atoms with Crippen LogP contribution in [0.15, 0.2) is 0 Å². The summed E-state index contributed by atoms with van der Waals surface area (Å²) in [5.74, 6) is -1.60. The summed E-state index contributed by atoms with van der Waals surface area (Å²) in [7, 11) is 0. The second-order valence-electron chi connectivity index (χ2n) is 5.51. The highest BCUT2D eigenvalue weighted by atomic mass is 16.6. The lowest BCUT2D eigenvalue weighted by Crippen LogP contribution is -2.46. The largest absolute Gasteiger partial charge is 0.459 e. The van der Waals surface area contributed by atoms with Crippen LogP contribution in [0, 0.1) is 12.3 Å². The molecule has 0 unspecified atom stereocenters. The van der Waals surface area contributed by atoms with Crippen molar-refractivity contribution in [1.29, 1.82) is 0 Å². The van der Waals surface area contributed by atoms with E-state index in [-0.39, 0.29) is 12.5 Å². The van der Waals surface area contributed by atoms with Crippen LogP contribution in [0.3, 0.4) is 0 Å². The molecule has 18 heavy (non-hydrogen) atoms. The number of nitrogens with zero attached hydrogens (tertiary/aromatic N) is 1. The molecule has 0 aliphatic carbocycles. The Bertz CT molecular complexity index is 304. The third kappa shape index (κ3) is 4.29. The average Bonchev–Trinajstić information content (AvgIpc) is 2.28. The molecule has 5 heteroatoms. The summed E-state index contributed by atoms with van der Waals surface area (Å²) in [5.41, 5.74) is 4.95. The molecule has 1 aliphatic rings. The summed E-state index contributed by atoms with van der Waals surface area (Å²) in [6, 6.07) is 0. The zero-order valence-electron chi connectivity index (χ0n) is 11.4. The van der Waals surface area contributed by atoms with Gasteiger partial charge in [0, 0.05) is 19.6 Å². The molecule has 1 fully saturated rings. The Morgan fingerprint density at radius 3 is 2.33 bits per heavy atom. The number of carbonyl (C=O) groups excluding carboxylic acids is 2. The van der Waals surface area contributed by atoms with Gasteiger partial charge in [0.15, 0.2) is 0 Å². The summed E-state index contributed by atoms with van der Waals surface area (Å²) in [5, 5.41) is 0. The van der Waals surface area contributed by atoms with Crippen molar-refractivity contribution < 1.29 is 14.3 Å². The first-order chi connectivity index (χ1) is 8.35. The summed E-state index contributed by atoms with van der Waals surface area (Å²) >= 11 is 0. The molecule has 0 aromatic heterocycles. The van der Waals surface area contributed by atoms with Gasteiger partial charge >= 0.3 is 5.97 Å². The van der Waals surface area contributed by atoms with Crippen LogP contribution >= 0.6 is 0 Å². The van der Waals surface area contributed by atoms with Crippen LogP contribution in [0.1, 0.15) is 33.6 Å². The molecule has 5 nitrogen and oxygen atoms in total. The lowest BCUT2D eigenvalue weighted by molar-refractivity contribution is -0.164. The van der Waals surface area contributed by atoms with Crippen LogP contribution in [0.4, 0.5) is 0 Å². The highest BCUT2D eigenvalue weighted by Crippen LogP contribution is 2.15. The first-order valence-electron chi connectivity index (χ1n) is 6.38. The molecule has 1 amide bonds. The Hall–Kier alpha value is -1.10. The van der Waals surface area contributed by atoms with Gasteiger partial charge in [-0.2, -0.15) is 0 Å². The zero-order valence-corrected chi connectivity index (χ0v) is 11.4. The summed E-state index contributed by atoms with van der Waals surface area (Å²) in [6.07, 6.45) is 3.89. The molecule has 0 saturated carbocycles. The molecule has 0 aromatic carbocycles. The fraction of sp³-hybridized carbons (Fsp3) is 0.769. The van der Waals surface area contributed by atoms with Crippen molar-refractivity contribution in [3.63, 3.8) is 0 Å². The van der Waals surface area contributed by atoms with Gasteiger partial charge in [0.05, 0.1) is 0 Å². The molecule has 1 atom stereocenters. The van der Waals surface area contributed by atoms with E-state index in [0.717, 1.165) is 12.8 Å². The standard InChI is InChI=1S/C13H23N2O3/c1-13(2,3)18-12(17)10(9-14)11(16)15-7-5-4-6-8-15/h4,10H,5-9,14H2,1-3H3/t10-/m0/s1. The maximum atomic E-state index is 12.2. The quantitative estimate of drug-likeness (QED) is 0.596. The van der Waals surface area contributed by atoms with Crippen LogP contribution in [0.5, 0.6) is 0 Å². The SMILES string of the molecule is CC(C)(C)OC(=O)[C@@H](CN)C(=O)N1CC[CH]CC1. The highest BCUT2D eigenvalue weighted by Gasteiger charge is 2.33. The Kier molecular flexibility index (Phi) is 5.14. The predicted octanol–water partition coefficient (Wildman–Crippen LogP) is 0.730. The van der Waals surface area contributed by atoms with E-state index in [4.69, 9.17) is 10.5 Å². The highest BCUT2D eigenvalue weighted by molar-refractivity contribution is 5.98. The molecule has 0 aromatic rings. The van der Waals surface area contributed by atoms with Gasteiger partial charge in [-0.15, -0.1) is 0 Å². The molecule has 2 N–H and O–H groups in total. The van der Waals surface area contributed by atoms with Crippen LogP contribution in [-0.2, 0) is 14.3 Å². The van der Waals surface area contributed by atoms with Crippen molar-refractivity contribution in [2.75, 3.05) is 19.6 Å². The summed E-state index contributed by atoms with van der Waals surface area (Å²) < 4.78 is 5.23. The molecule has 0 bridgehead atoms. The van der Waals surface area contributed by atoms with E-state index in [2.05, 4.69) is 6.42 Å². The topological polar surface area (TPSA) is 72.6 Å². The van der Waals surface area contributed by atoms with Crippen LogP contribution < -0.4 is 5.73 Å². The molecular weight excluding hydrogens is 232 g/mol. The van der Waals surface area contributed by atoms with Crippen molar-refractivity contribution >= 4 is 11.9 Å². The van der Waals surface area contributed by atoms with Gasteiger partial charge in [0.25, 0.3) is 0 Å². The monoisotopic (exact) mass is 255 g/mol. The van der Waals surface area contributed by atoms with Crippen molar-refractivity contribution in [2.45, 2.75) is 39.2 Å². The maximum Gasteiger partial charge on any atom is 0.320 e. The maximum absolute atomic E-state index is 12.2. The molecule has 0 spiro atoms. The van der Waals surface area contributed by atoms with Gasteiger partial charge < -0.3 is 15.4 Å². The molecule has 1 heterocycles. The Morgan fingerprint density at radius 2 is 1.89 bits per heavy atom. The van der Waals surface area contributed by atoms with Crippen LogP contribution in [0.2, 0.25) is 0 Å². The van der Waals surface area contributed by atoms with Gasteiger partial charge in [0.2, 0.25) is 5.91 Å². The zero-order chi connectivity index (χ0) is 13.8. The fourth-order valence-corrected chi connectivity index (χ4v) is 1.86. The first kappa shape index (κ1) is 15.0. The van der Waals surface area contributed by atoms with Crippen molar-refractivity contribution in [2.24, 2.45) is 11.7 Å². The lowest BCUT2D eigenvalue weighted by atomic mass is 10.0. The van der Waals surface area contributed by atoms with E-state index in [9.17, 15) is 9.59 Å². The van der Waals surface area contributed by atoms with Gasteiger partial charge in [-0.25, -0.2) is 0 Å². The fourth-order valence-electron chi connectivity index (χ4n) is 1.86. The van der Waals surface area contributed by atoms with Gasteiger partial charge in [0.1, 0.15) is 11.5 Å². The van der Waals surface area contributed by atoms with Crippen LogP contribution in [0.25, 0.3) is 0 Å². The number of likely N-dealkylation sites (tertiary alicyclic amines) is 1. The smallest absolute Gasteiger partial charge is 0.320 e. The van der Waals surface area contributed by atoms with Crippen molar-refractivity contribution in [3.05, 3.63) is 6.42 Å². The summed E-state index contributed by atoms with van der Waals surface area (Å²) in [4.78, 5) is 25.8. The molecule has 1 aliphatic heterocycles. The molecular formula is C13H23N2O3. The minimum Gasteiger partial charge on any atom is -0.459 e. The Morgan fingerprint density at radius 1 is 1.33 bits per heavy atom. The number of esters is 1. The van der Waals surface area contributed by atoms with E-state index in [1.54, 1.807) is 25.7 Å². The Balaban J connectivity index is 2.64. The number of amides is 1. The first-order valence-corrected chi connectivity index (χ1v) is 6.38. The second kappa shape index (κ2) is 6.18. The molecule has 1 radical (unpaired) electrons. The third-order valence-corrected chi connectivity index (χ3v) is 2.74. The molecule has 103 valence electrons. The average molecular weight is 255 g/mol. The predicted molar refractivity (Wildman–Crippen MR) is 68.5 cm³/mol. The minimum absolute atomic E-state index is 0.00599. The number of rotatable bonds is 3. The van der Waals surface area contributed by atoms with Gasteiger partial charge in [-0.05, 0) is 40.0 Å². The van der Waals surface area contributed by atoms with E-state index >= 15 is 0 Å². The Labute approximate surface area is 109 Å².